The number of nitrogens with zero attached hydrogens (tertiary/aromatic N) is 2. The molecule has 0 atom stereocenters. The first-order chi connectivity index (χ1) is 11.8. The summed E-state index contributed by atoms with van der Waals surface area (Å²) in [7, 11) is -2.21. The second-order valence-electron chi connectivity index (χ2n) is 5.64. The largest absolute Gasteiger partial charge is 0.298 e. The van der Waals surface area contributed by atoms with Crippen LogP contribution < -0.4 is 10.3 Å². The van der Waals surface area contributed by atoms with Crippen LogP contribution >= 0.6 is 11.6 Å². The van der Waals surface area contributed by atoms with E-state index in [1.807, 2.05) is 0 Å². The zero-order valence-electron chi connectivity index (χ0n) is 13.7. The summed E-state index contributed by atoms with van der Waals surface area (Å²) < 4.78 is 28.7. The van der Waals surface area contributed by atoms with E-state index in [1.54, 1.807) is 44.3 Å². The lowest BCUT2D eigenvalue weighted by Crippen LogP contribution is -2.29. The number of hydrogen-bond acceptors (Lipinski definition) is 4. The van der Waals surface area contributed by atoms with Crippen molar-refractivity contribution in [2.24, 2.45) is 7.05 Å². The number of para-hydroxylation sites is 1. The van der Waals surface area contributed by atoms with Gasteiger partial charge in [-0.1, -0.05) is 29.8 Å². The van der Waals surface area contributed by atoms with Gasteiger partial charge in [0.1, 0.15) is 5.82 Å². The van der Waals surface area contributed by atoms with Gasteiger partial charge in [-0.25, -0.2) is 18.1 Å². The highest BCUT2D eigenvalue weighted by Crippen LogP contribution is 2.20. The van der Waals surface area contributed by atoms with Gasteiger partial charge in [-0.3, -0.25) is 9.36 Å². The first-order valence-electron chi connectivity index (χ1n) is 7.50. The standard InChI is InChI=1S/C17H16ClN3O3S/c1-11-7-8-12(9-14(11)18)25(23,24)19-10-16-20-15-6-4-3-5-13(15)17(22)21(16)2/h3-9,19H,10H2,1-2H3. The maximum Gasteiger partial charge on any atom is 0.261 e. The van der Waals surface area contributed by atoms with Gasteiger partial charge >= 0.3 is 0 Å². The van der Waals surface area contributed by atoms with Crippen LogP contribution in [-0.2, 0) is 23.6 Å². The Balaban J connectivity index is 1.93. The quantitative estimate of drug-likeness (QED) is 0.756. The molecular weight excluding hydrogens is 362 g/mol. The smallest absolute Gasteiger partial charge is 0.261 e. The molecule has 1 aromatic heterocycles. The van der Waals surface area contributed by atoms with Gasteiger partial charge in [-0.2, -0.15) is 0 Å². The molecule has 0 spiro atoms. The number of fused-ring (bicyclic) bond motifs is 1. The van der Waals surface area contributed by atoms with E-state index in [0.29, 0.717) is 21.7 Å². The molecule has 0 aliphatic heterocycles. The number of aryl methyl sites for hydroxylation is 1. The summed E-state index contributed by atoms with van der Waals surface area (Å²) in [5, 5.41) is 0.862. The molecule has 3 aromatic rings. The van der Waals surface area contributed by atoms with Crippen LogP contribution in [0.3, 0.4) is 0 Å². The lowest BCUT2D eigenvalue weighted by Gasteiger charge is -2.11. The molecule has 0 saturated carbocycles. The van der Waals surface area contributed by atoms with Gasteiger partial charge < -0.3 is 0 Å². The fourth-order valence-corrected chi connectivity index (χ4v) is 3.66. The topological polar surface area (TPSA) is 81.1 Å². The molecule has 0 radical (unpaired) electrons. The second-order valence-corrected chi connectivity index (χ2v) is 7.82. The van der Waals surface area contributed by atoms with Crippen molar-refractivity contribution in [1.82, 2.24) is 14.3 Å². The molecule has 6 nitrogen and oxygen atoms in total. The predicted octanol–water partition coefficient (Wildman–Crippen LogP) is 2.37. The van der Waals surface area contributed by atoms with E-state index >= 15 is 0 Å². The number of rotatable bonds is 4. The van der Waals surface area contributed by atoms with E-state index in [-0.39, 0.29) is 17.0 Å². The summed E-state index contributed by atoms with van der Waals surface area (Å²) in [6.45, 7) is 1.69. The molecular formula is C17H16ClN3O3S. The SMILES string of the molecule is Cc1ccc(S(=O)(=O)NCc2nc3ccccc3c(=O)n2C)cc1Cl. The van der Waals surface area contributed by atoms with Crippen LogP contribution in [0.5, 0.6) is 0 Å². The van der Waals surface area contributed by atoms with Crippen molar-refractivity contribution in [1.29, 1.82) is 0 Å². The summed E-state index contributed by atoms with van der Waals surface area (Å²) in [5.41, 5.74) is 1.09. The maximum atomic E-state index is 12.4. The minimum absolute atomic E-state index is 0.0638. The molecule has 0 aliphatic carbocycles. The van der Waals surface area contributed by atoms with E-state index < -0.39 is 10.0 Å². The first-order valence-corrected chi connectivity index (χ1v) is 9.36. The van der Waals surface area contributed by atoms with E-state index in [2.05, 4.69) is 9.71 Å². The Hall–Kier alpha value is -2.22. The van der Waals surface area contributed by atoms with Gasteiger partial charge in [0.05, 0.1) is 22.3 Å². The van der Waals surface area contributed by atoms with Crippen molar-refractivity contribution in [3.05, 3.63) is 69.2 Å². The first kappa shape index (κ1) is 17.6. The monoisotopic (exact) mass is 377 g/mol. The molecule has 130 valence electrons. The minimum Gasteiger partial charge on any atom is -0.298 e. The van der Waals surface area contributed by atoms with Gasteiger partial charge in [-0.15, -0.1) is 0 Å². The molecule has 0 bridgehead atoms. The van der Waals surface area contributed by atoms with Crippen LogP contribution in [0.25, 0.3) is 10.9 Å². The van der Waals surface area contributed by atoms with E-state index in [0.717, 1.165) is 5.56 Å². The molecule has 8 heteroatoms. The maximum absolute atomic E-state index is 12.4. The number of aromatic nitrogens is 2. The highest BCUT2D eigenvalue weighted by Gasteiger charge is 2.16. The fraction of sp³-hybridized carbons (Fsp3) is 0.176. The minimum atomic E-state index is -3.77. The van der Waals surface area contributed by atoms with Crippen LogP contribution in [0.4, 0.5) is 0 Å². The van der Waals surface area contributed by atoms with E-state index in [9.17, 15) is 13.2 Å². The summed E-state index contributed by atoms with van der Waals surface area (Å²) in [4.78, 5) is 16.8. The number of sulfonamides is 1. The Morgan fingerprint density at radius 3 is 2.64 bits per heavy atom. The molecule has 0 fully saturated rings. The number of benzene rings is 2. The third kappa shape index (κ3) is 3.44. The van der Waals surface area contributed by atoms with Gasteiger partial charge in [0.15, 0.2) is 0 Å². The second kappa shape index (κ2) is 6.59. The molecule has 2 aromatic carbocycles. The van der Waals surface area contributed by atoms with Gasteiger partial charge in [-0.05, 0) is 36.8 Å². The molecule has 1 N–H and O–H groups in total. The Kier molecular flexibility index (Phi) is 4.64. The van der Waals surface area contributed by atoms with Crippen LogP contribution in [0, 0.1) is 6.92 Å². The van der Waals surface area contributed by atoms with E-state index in [4.69, 9.17) is 11.6 Å². The number of hydrogen-bond donors (Lipinski definition) is 1. The van der Waals surface area contributed by atoms with Gasteiger partial charge in [0, 0.05) is 12.1 Å². The molecule has 0 aliphatic rings. The normalized spacial score (nSPS) is 11.8. The molecule has 3 rings (SSSR count). The van der Waals surface area contributed by atoms with Crippen LogP contribution in [0.2, 0.25) is 5.02 Å². The van der Waals surface area contributed by atoms with Crippen molar-refractivity contribution >= 4 is 32.5 Å². The average molecular weight is 378 g/mol. The zero-order valence-corrected chi connectivity index (χ0v) is 15.2. The average Bonchev–Trinajstić information content (AvgIpc) is 2.59. The molecule has 0 unspecified atom stereocenters. The van der Waals surface area contributed by atoms with Crippen LogP contribution in [-0.4, -0.2) is 18.0 Å². The summed E-state index contributed by atoms with van der Waals surface area (Å²) >= 11 is 6.00. The van der Waals surface area contributed by atoms with Gasteiger partial charge in [0.25, 0.3) is 5.56 Å². The molecule has 0 amide bonds. The number of nitrogens with one attached hydrogen (secondary N) is 1. The Bertz CT molecular complexity index is 1120. The van der Waals surface area contributed by atoms with Crippen molar-refractivity contribution in [2.45, 2.75) is 18.4 Å². The lowest BCUT2D eigenvalue weighted by molar-refractivity contribution is 0.576. The van der Waals surface area contributed by atoms with E-state index in [1.165, 1.54) is 16.7 Å². The Labute approximate surface area is 150 Å². The van der Waals surface area contributed by atoms with Crippen molar-refractivity contribution in [2.75, 3.05) is 0 Å². The molecule has 0 saturated heterocycles. The zero-order chi connectivity index (χ0) is 18.2. The Morgan fingerprint density at radius 2 is 1.92 bits per heavy atom. The third-order valence-electron chi connectivity index (χ3n) is 3.95. The van der Waals surface area contributed by atoms with Crippen LogP contribution in [0.1, 0.15) is 11.4 Å². The van der Waals surface area contributed by atoms with Gasteiger partial charge in [0.2, 0.25) is 10.0 Å². The molecule has 1 heterocycles. The van der Waals surface area contributed by atoms with Crippen molar-refractivity contribution in [3.8, 4) is 0 Å². The summed E-state index contributed by atoms with van der Waals surface area (Å²) in [6, 6.07) is 11.5. The van der Waals surface area contributed by atoms with Crippen molar-refractivity contribution in [3.63, 3.8) is 0 Å². The summed E-state index contributed by atoms with van der Waals surface area (Å²) in [5.74, 6) is 0.325. The summed E-state index contributed by atoms with van der Waals surface area (Å²) in [6.07, 6.45) is 0. The predicted molar refractivity (Wildman–Crippen MR) is 97.2 cm³/mol. The third-order valence-corrected chi connectivity index (χ3v) is 5.76. The number of halogens is 1. The molecule has 25 heavy (non-hydrogen) atoms. The fourth-order valence-electron chi connectivity index (χ4n) is 2.41. The lowest BCUT2D eigenvalue weighted by atomic mass is 10.2. The van der Waals surface area contributed by atoms with Crippen molar-refractivity contribution < 1.29 is 8.42 Å². The highest BCUT2D eigenvalue weighted by atomic mass is 35.5. The Morgan fingerprint density at radius 1 is 1.20 bits per heavy atom. The highest BCUT2D eigenvalue weighted by molar-refractivity contribution is 7.89. The van der Waals surface area contributed by atoms with Crippen LogP contribution in [0.15, 0.2) is 52.2 Å².